The van der Waals surface area contributed by atoms with Gasteiger partial charge in [-0.15, -0.1) is 0 Å². The Bertz CT molecular complexity index is 1140. The summed E-state index contributed by atoms with van der Waals surface area (Å²) in [7, 11) is 1.05. The van der Waals surface area contributed by atoms with Crippen molar-refractivity contribution in [2.24, 2.45) is 0 Å². The first-order valence-corrected chi connectivity index (χ1v) is 12.1. The number of fused-ring (bicyclic) bond motifs is 1. The van der Waals surface area contributed by atoms with Crippen molar-refractivity contribution in [2.75, 3.05) is 25.3 Å². The largest absolute Gasteiger partial charge is 0.533 e. The second-order valence-electron chi connectivity index (χ2n) is 8.25. The Morgan fingerprint density at radius 1 is 1.05 bits per heavy atom. The molecule has 0 saturated heterocycles. The lowest BCUT2D eigenvalue weighted by atomic mass is 9.98. The smallest absolute Gasteiger partial charge is 0.453 e. The fourth-order valence-corrected chi connectivity index (χ4v) is 4.48. The summed E-state index contributed by atoms with van der Waals surface area (Å²) in [6.07, 6.45) is -11.5. The van der Waals surface area contributed by atoms with Gasteiger partial charge in [0.15, 0.2) is 0 Å². The van der Waals surface area contributed by atoms with E-state index in [-0.39, 0.29) is 25.6 Å². The topological polar surface area (TPSA) is 68.3 Å². The van der Waals surface area contributed by atoms with E-state index in [0.717, 1.165) is 12.0 Å². The summed E-state index contributed by atoms with van der Waals surface area (Å²) in [5, 5.41) is 1.27. The number of alkyl halides is 6. The normalized spacial score (nSPS) is 15.8. The van der Waals surface area contributed by atoms with E-state index in [1.807, 2.05) is 0 Å². The van der Waals surface area contributed by atoms with E-state index in [1.165, 1.54) is 5.06 Å². The maximum absolute atomic E-state index is 13.4. The van der Waals surface area contributed by atoms with Gasteiger partial charge in [0.1, 0.15) is 0 Å². The molecule has 3 rings (SSSR count). The number of methoxy groups -OCH3 is 1. The zero-order chi connectivity index (χ0) is 28.3. The number of benzene rings is 2. The maximum Gasteiger partial charge on any atom is 0.533 e. The fraction of sp³-hybridized carbons (Fsp3) is 0.417. The zero-order valence-corrected chi connectivity index (χ0v) is 21.7. The van der Waals surface area contributed by atoms with Gasteiger partial charge >= 0.3 is 24.6 Å². The van der Waals surface area contributed by atoms with E-state index < -0.39 is 53.9 Å². The van der Waals surface area contributed by atoms with Crippen LogP contribution in [0, 0.1) is 0 Å². The van der Waals surface area contributed by atoms with Crippen molar-refractivity contribution in [3.05, 3.63) is 63.1 Å². The highest BCUT2D eigenvalue weighted by Gasteiger charge is 2.38. The predicted octanol–water partition coefficient (Wildman–Crippen LogP) is 7.48. The molecule has 1 heterocycles. The predicted molar refractivity (Wildman–Crippen MR) is 126 cm³/mol. The molecule has 0 N–H and O–H groups in total. The van der Waals surface area contributed by atoms with Crippen LogP contribution in [0.2, 0.25) is 0 Å². The van der Waals surface area contributed by atoms with Crippen LogP contribution in [0.5, 0.6) is 0 Å². The van der Waals surface area contributed by atoms with Crippen LogP contribution in [-0.2, 0) is 33.2 Å². The molecule has 1 amide bonds. The van der Waals surface area contributed by atoms with E-state index in [1.54, 1.807) is 25.1 Å². The summed E-state index contributed by atoms with van der Waals surface area (Å²) < 4.78 is 90.7. The molecule has 0 aliphatic carbocycles. The third-order valence-electron chi connectivity index (χ3n) is 5.69. The van der Waals surface area contributed by atoms with Gasteiger partial charge in [-0.3, -0.25) is 4.90 Å². The minimum atomic E-state index is -5.04. The Kier molecular flexibility index (Phi) is 9.05. The minimum absolute atomic E-state index is 0.0225. The molecule has 0 aromatic heterocycles. The third-order valence-corrected chi connectivity index (χ3v) is 6.18. The van der Waals surface area contributed by atoms with Gasteiger partial charge in [0.2, 0.25) is 0 Å². The Labute approximate surface area is 222 Å². The number of nitrogens with zero attached hydrogens (tertiary/aromatic N) is 2. The number of amides is 1. The molecule has 1 unspecified atom stereocenters. The zero-order valence-electron chi connectivity index (χ0n) is 20.2. The molecular weight excluding hydrogens is 590 g/mol. The quantitative estimate of drug-likeness (QED) is 0.257. The summed E-state index contributed by atoms with van der Waals surface area (Å²) in [5.74, 6) is 0. The lowest BCUT2D eigenvalue weighted by Gasteiger charge is -2.32. The van der Waals surface area contributed by atoms with Crippen molar-refractivity contribution in [1.29, 1.82) is 0 Å². The molecule has 0 saturated carbocycles. The second-order valence-corrected chi connectivity index (χ2v) is 9.17. The lowest BCUT2D eigenvalue weighted by molar-refractivity contribution is -0.143. The summed E-state index contributed by atoms with van der Waals surface area (Å²) in [5.41, 5.74) is -2.60. The van der Waals surface area contributed by atoms with Crippen molar-refractivity contribution in [2.45, 2.75) is 44.7 Å². The number of hydrogen-bond donors (Lipinski definition) is 0. The monoisotopic (exact) mass is 612 g/mol. The van der Waals surface area contributed by atoms with Crippen LogP contribution in [0.1, 0.15) is 48.1 Å². The molecule has 0 fully saturated rings. The molecule has 0 bridgehead atoms. The average molecular weight is 613 g/mol. The minimum Gasteiger partial charge on any atom is -0.453 e. The van der Waals surface area contributed by atoms with Gasteiger partial charge < -0.3 is 14.3 Å². The molecule has 38 heavy (non-hydrogen) atoms. The Balaban J connectivity index is 2.08. The van der Waals surface area contributed by atoms with Gasteiger partial charge in [-0.2, -0.15) is 26.3 Å². The Morgan fingerprint density at radius 3 is 2.24 bits per heavy atom. The van der Waals surface area contributed by atoms with E-state index in [4.69, 9.17) is 14.3 Å². The first-order chi connectivity index (χ1) is 17.7. The third kappa shape index (κ3) is 7.03. The van der Waals surface area contributed by atoms with Crippen LogP contribution in [0.25, 0.3) is 0 Å². The van der Waals surface area contributed by atoms with E-state index >= 15 is 0 Å². The molecule has 2 aromatic rings. The van der Waals surface area contributed by atoms with Crippen LogP contribution in [-0.4, -0.2) is 37.4 Å². The first kappa shape index (κ1) is 29.4. The van der Waals surface area contributed by atoms with Gasteiger partial charge in [-0.05, 0) is 61.7 Å². The average Bonchev–Trinajstić information content (AvgIpc) is 3.00. The number of hydroxylamine groups is 1. The van der Waals surface area contributed by atoms with Gasteiger partial charge in [0.05, 0.1) is 43.1 Å². The van der Waals surface area contributed by atoms with Gasteiger partial charge in [-0.25, -0.2) is 14.7 Å². The molecule has 0 spiro atoms. The number of carbonyl (C=O) groups excluding carboxylic acids is 2. The highest BCUT2D eigenvalue weighted by molar-refractivity contribution is 9.10. The molecule has 208 valence electrons. The van der Waals surface area contributed by atoms with Crippen LogP contribution in [0.3, 0.4) is 0 Å². The van der Waals surface area contributed by atoms with Crippen LogP contribution < -0.4 is 5.06 Å². The molecule has 1 atom stereocenters. The second kappa shape index (κ2) is 11.7. The van der Waals surface area contributed by atoms with Crippen molar-refractivity contribution in [3.8, 4) is 0 Å². The summed E-state index contributed by atoms with van der Waals surface area (Å²) in [4.78, 5) is 31.2. The van der Waals surface area contributed by atoms with Crippen molar-refractivity contribution in [1.82, 2.24) is 4.90 Å². The Hall–Kier alpha value is -3.16. The molecular formula is C24H23BrF6N2O5. The molecule has 1 aliphatic rings. The van der Waals surface area contributed by atoms with E-state index in [2.05, 4.69) is 15.9 Å². The van der Waals surface area contributed by atoms with Crippen molar-refractivity contribution < 1.29 is 50.2 Å². The highest BCUT2D eigenvalue weighted by Crippen LogP contribution is 2.41. The van der Waals surface area contributed by atoms with Gasteiger partial charge in [0.25, 0.3) is 0 Å². The molecule has 0 radical (unpaired) electrons. The fourth-order valence-electron chi connectivity index (χ4n) is 4.10. The number of anilines is 1. The summed E-state index contributed by atoms with van der Waals surface area (Å²) in [6.45, 7) is 1.22. The number of rotatable bonds is 5. The van der Waals surface area contributed by atoms with E-state index in [9.17, 15) is 35.9 Å². The van der Waals surface area contributed by atoms with Gasteiger partial charge in [-0.1, -0.05) is 15.9 Å². The van der Waals surface area contributed by atoms with Crippen molar-refractivity contribution in [3.63, 3.8) is 0 Å². The summed E-state index contributed by atoms with van der Waals surface area (Å²) in [6, 6.07) is 5.17. The number of ether oxygens (including phenoxy) is 2. The number of halogens is 7. The van der Waals surface area contributed by atoms with Crippen LogP contribution in [0.15, 0.2) is 40.9 Å². The van der Waals surface area contributed by atoms with Crippen LogP contribution >= 0.6 is 15.9 Å². The van der Waals surface area contributed by atoms with E-state index in [0.29, 0.717) is 34.3 Å². The molecule has 1 aliphatic heterocycles. The van der Waals surface area contributed by atoms with Gasteiger partial charge in [0, 0.05) is 16.6 Å². The number of hydrogen-bond acceptors (Lipinski definition) is 6. The highest BCUT2D eigenvalue weighted by atomic mass is 79.9. The van der Waals surface area contributed by atoms with Crippen molar-refractivity contribution >= 4 is 33.9 Å². The Morgan fingerprint density at radius 2 is 1.68 bits per heavy atom. The molecule has 7 nitrogen and oxygen atoms in total. The molecule has 14 heteroatoms. The van der Waals surface area contributed by atoms with Crippen LogP contribution in [0.4, 0.5) is 41.6 Å². The SMILES string of the molecule is CCOC(=O)ON1CCCC(N(Cc2cc(C(F)(F)F)cc(C(F)(F)F)c2)C(=O)OC)c2cc(Br)ccc21. The summed E-state index contributed by atoms with van der Waals surface area (Å²) >= 11 is 3.34. The molecule has 2 aromatic carbocycles. The lowest BCUT2D eigenvalue weighted by Crippen LogP contribution is -2.35. The standard InChI is InChI=1S/C24H23BrF6N2O5/c1-3-37-22(35)38-33-8-4-5-19(18-12-17(25)6-7-20(18)33)32(21(34)36-2)13-14-9-15(23(26,27)28)11-16(10-14)24(29,30)31/h6-7,9-12,19H,3-5,8,13H2,1-2H3. The first-order valence-electron chi connectivity index (χ1n) is 11.3. The number of carbonyl (C=O) groups is 2. The maximum atomic E-state index is 13.4.